The van der Waals surface area contributed by atoms with Gasteiger partial charge in [-0.2, -0.15) is 4.98 Å². The molecular formula is C12H19N5O. The van der Waals surface area contributed by atoms with Gasteiger partial charge in [0.05, 0.1) is 7.11 Å². The molecule has 6 heteroatoms. The summed E-state index contributed by atoms with van der Waals surface area (Å²) >= 11 is 0. The van der Waals surface area contributed by atoms with Crippen LogP contribution >= 0.6 is 0 Å². The highest BCUT2D eigenvalue weighted by Gasteiger charge is 2.32. The van der Waals surface area contributed by atoms with Crippen molar-refractivity contribution in [1.29, 1.82) is 0 Å². The Labute approximate surface area is 107 Å². The number of aromatic nitrogens is 2. The van der Waals surface area contributed by atoms with Crippen LogP contribution in [0.4, 0.5) is 11.5 Å². The molecule has 98 valence electrons. The lowest BCUT2D eigenvalue weighted by molar-refractivity contribution is 0.230. The van der Waals surface area contributed by atoms with Gasteiger partial charge >= 0.3 is 0 Å². The Balaban J connectivity index is 1.82. The molecule has 3 rings (SSSR count). The quantitative estimate of drug-likeness (QED) is 0.816. The number of hydrogen-bond donors (Lipinski definition) is 1. The number of nitrogen functional groups attached to an aromatic ring is 1. The number of hydrogen-bond acceptors (Lipinski definition) is 6. The second kappa shape index (κ2) is 4.61. The molecule has 1 aromatic heterocycles. The zero-order chi connectivity index (χ0) is 12.5. The first-order valence-electron chi connectivity index (χ1n) is 6.43. The summed E-state index contributed by atoms with van der Waals surface area (Å²) < 4.78 is 5.15. The minimum atomic E-state index is 0.467. The predicted molar refractivity (Wildman–Crippen MR) is 69.8 cm³/mol. The Bertz CT molecular complexity index is 438. The third-order valence-electron chi connectivity index (χ3n) is 3.91. The van der Waals surface area contributed by atoms with Gasteiger partial charge in [0, 0.05) is 25.7 Å². The SMILES string of the molecule is COc1ncnc(N2CCN3CCCC3C2)c1N. The zero-order valence-electron chi connectivity index (χ0n) is 10.7. The summed E-state index contributed by atoms with van der Waals surface area (Å²) in [7, 11) is 1.58. The summed E-state index contributed by atoms with van der Waals surface area (Å²) in [4.78, 5) is 13.2. The molecule has 6 nitrogen and oxygen atoms in total. The van der Waals surface area contributed by atoms with E-state index in [1.807, 2.05) is 0 Å². The van der Waals surface area contributed by atoms with Crippen molar-refractivity contribution in [2.45, 2.75) is 18.9 Å². The van der Waals surface area contributed by atoms with Crippen molar-refractivity contribution in [3.8, 4) is 5.88 Å². The summed E-state index contributed by atoms with van der Waals surface area (Å²) in [5.74, 6) is 1.28. The van der Waals surface area contributed by atoms with E-state index >= 15 is 0 Å². The van der Waals surface area contributed by atoms with Gasteiger partial charge in [0.15, 0.2) is 5.82 Å². The highest BCUT2D eigenvalue weighted by atomic mass is 16.5. The van der Waals surface area contributed by atoms with Gasteiger partial charge in [0.2, 0.25) is 5.88 Å². The van der Waals surface area contributed by atoms with Gasteiger partial charge in [0.1, 0.15) is 12.0 Å². The third kappa shape index (κ3) is 1.86. The van der Waals surface area contributed by atoms with Crippen molar-refractivity contribution < 1.29 is 4.74 Å². The summed E-state index contributed by atoms with van der Waals surface area (Å²) in [6.45, 7) is 4.31. The molecule has 2 fully saturated rings. The van der Waals surface area contributed by atoms with E-state index in [0.29, 0.717) is 17.6 Å². The molecule has 0 saturated carbocycles. The predicted octanol–water partition coefficient (Wildman–Crippen LogP) is 0.352. The number of methoxy groups -OCH3 is 1. The van der Waals surface area contributed by atoms with Gasteiger partial charge in [-0.25, -0.2) is 4.98 Å². The van der Waals surface area contributed by atoms with Crippen LogP contribution in [0, 0.1) is 0 Å². The second-order valence-corrected chi connectivity index (χ2v) is 4.90. The molecule has 3 heterocycles. The minimum Gasteiger partial charge on any atom is -0.479 e. The first-order valence-corrected chi connectivity index (χ1v) is 6.43. The lowest BCUT2D eigenvalue weighted by atomic mass is 10.1. The summed E-state index contributed by atoms with van der Waals surface area (Å²) in [6.07, 6.45) is 4.10. The molecule has 2 N–H and O–H groups in total. The zero-order valence-corrected chi connectivity index (χ0v) is 10.7. The van der Waals surface area contributed by atoms with Gasteiger partial charge in [-0.05, 0) is 19.4 Å². The summed E-state index contributed by atoms with van der Waals surface area (Å²) in [5, 5.41) is 0. The topological polar surface area (TPSA) is 67.5 Å². The first-order chi connectivity index (χ1) is 8.79. The van der Waals surface area contributed by atoms with Crippen molar-refractivity contribution in [2.75, 3.05) is 43.9 Å². The molecule has 18 heavy (non-hydrogen) atoms. The van der Waals surface area contributed by atoms with E-state index in [2.05, 4.69) is 19.8 Å². The van der Waals surface area contributed by atoms with Gasteiger partial charge < -0.3 is 15.4 Å². The van der Waals surface area contributed by atoms with Crippen LogP contribution in [0.3, 0.4) is 0 Å². The normalized spacial score (nSPS) is 24.1. The van der Waals surface area contributed by atoms with E-state index in [0.717, 1.165) is 25.5 Å². The first kappa shape index (κ1) is 11.5. The molecule has 0 aromatic carbocycles. The molecular weight excluding hydrogens is 230 g/mol. The van der Waals surface area contributed by atoms with Crippen molar-refractivity contribution in [1.82, 2.24) is 14.9 Å². The van der Waals surface area contributed by atoms with E-state index in [1.165, 1.54) is 25.7 Å². The molecule has 1 aromatic rings. The molecule has 1 atom stereocenters. The Morgan fingerprint density at radius 2 is 2.22 bits per heavy atom. The number of rotatable bonds is 2. The van der Waals surface area contributed by atoms with Crippen molar-refractivity contribution >= 4 is 11.5 Å². The van der Waals surface area contributed by atoms with Crippen molar-refractivity contribution in [3.63, 3.8) is 0 Å². The Kier molecular flexibility index (Phi) is 2.95. The molecule has 0 spiro atoms. The Hall–Kier alpha value is -1.56. The van der Waals surface area contributed by atoms with Crippen LogP contribution in [0.5, 0.6) is 5.88 Å². The fraction of sp³-hybridized carbons (Fsp3) is 0.667. The largest absolute Gasteiger partial charge is 0.479 e. The number of piperazine rings is 1. The number of fused-ring (bicyclic) bond motifs is 1. The molecule has 2 saturated heterocycles. The molecule has 2 aliphatic heterocycles. The van der Waals surface area contributed by atoms with Crippen LogP contribution in [0.15, 0.2) is 6.33 Å². The van der Waals surface area contributed by atoms with Crippen LogP contribution in [0.25, 0.3) is 0 Å². The summed E-state index contributed by atoms with van der Waals surface area (Å²) in [6, 6.07) is 0.652. The van der Waals surface area contributed by atoms with Gasteiger partial charge in [-0.15, -0.1) is 0 Å². The molecule has 0 bridgehead atoms. The van der Waals surface area contributed by atoms with E-state index in [1.54, 1.807) is 7.11 Å². The van der Waals surface area contributed by atoms with Crippen LogP contribution in [0.1, 0.15) is 12.8 Å². The monoisotopic (exact) mass is 249 g/mol. The van der Waals surface area contributed by atoms with E-state index < -0.39 is 0 Å². The van der Waals surface area contributed by atoms with Crippen LogP contribution in [0.2, 0.25) is 0 Å². The number of nitrogens with zero attached hydrogens (tertiary/aromatic N) is 4. The minimum absolute atomic E-state index is 0.467. The summed E-state index contributed by atoms with van der Waals surface area (Å²) in [5.41, 5.74) is 6.60. The van der Waals surface area contributed by atoms with Crippen molar-refractivity contribution in [2.24, 2.45) is 0 Å². The van der Waals surface area contributed by atoms with E-state index in [9.17, 15) is 0 Å². The molecule has 0 amide bonds. The van der Waals surface area contributed by atoms with Gasteiger partial charge in [-0.1, -0.05) is 0 Å². The van der Waals surface area contributed by atoms with Crippen LogP contribution < -0.4 is 15.4 Å². The number of anilines is 2. The highest BCUT2D eigenvalue weighted by molar-refractivity contribution is 5.67. The molecule has 1 unspecified atom stereocenters. The average Bonchev–Trinajstić information content (AvgIpc) is 2.86. The highest BCUT2D eigenvalue weighted by Crippen LogP contribution is 2.30. The number of ether oxygens (including phenoxy) is 1. The lowest BCUT2D eigenvalue weighted by Crippen LogP contribution is -2.50. The van der Waals surface area contributed by atoms with E-state index in [4.69, 9.17) is 10.5 Å². The smallest absolute Gasteiger partial charge is 0.242 e. The van der Waals surface area contributed by atoms with Crippen LogP contribution in [-0.4, -0.2) is 54.2 Å². The lowest BCUT2D eigenvalue weighted by Gasteiger charge is -2.38. The third-order valence-corrected chi connectivity index (χ3v) is 3.91. The van der Waals surface area contributed by atoms with Crippen LogP contribution in [-0.2, 0) is 0 Å². The standard InChI is InChI=1S/C12H19N5O/c1-18-12-10(13)11(14-8-15-12)17-6-5-16-4-2-3-9(16)7-17/h8-9H,2-7,13H2,1H3. The molecule has 2 aliphatic rings. The molecule has 0 radical (unpaired) electrons. The van der Waals surface area contributed by atoms with Gasteiger partial charge in [-0.3, -0.25) is 4.90 Å². The molecule has 0 aliphatic carbocycles. The van der Waals surface area contributed by atoms with Gasteiger partial charge in [0.25, 0.3) is 0 Å². The number of nitrogens with two attached hydrogens (primary N) is 1. The maximum Gasteiger partial charge on any atom is 0.242 e. The maximum atomic E-state index is 6.06. The second-order valence-electron chi connectivity index (χ2n) is 4.90. The Morgan fingerprint density at radius 1 is 1.33 bits per heavy atom. The maximum absolute atomic E-state index is 6.06. The Morgan fingerprint density at radius 3 is 3.06 bits per heavy atom. The fourth-order valence-corrected chi connectivity index (χ4v) is 2.97. The fourth-order valence-electron chi connectivity index (χ4n) is 2.97. The average molecular weight is 249 g/mol. The van der Waals surface area contributed by atoms with E-state index in [-0.39, 0.29) is 0 Å². The van der Waals surface area contributed by atoms with Crippen molar-refractivity contribution in [3.05, 3.63) is 6.33 Å².